The van der Waals surface area contributed by atoms with E-state index in [9.17, 15) is 9.59 Å². The zero-order valence-electron chi connectivity index (χ0n) is 21.4. The lowest BCUT2D eigenvalue weighted by Crippen LogP contribution is -2.58. The number of carbonyl (C=O) groups excluding carboxylic acids is 2. The van der Waals surface area contributed by atoms with Gasteiger partial charge in [-0.25, -0.2) is 0 Å². The Labute approximate surface area is 204 Å². The molecule has 3 fully saturated rings. The predicted molar refractivity (Wildman–Crippen MR) is 133 cm³/mol. The molecule has 0 spiro atoms. The zero-order valence-corrected chi connectivity index (χ0v) is 21.4. The highest BCUT2D eigenvalue weighted by molar-refractivity contribution is 6.02. The van der Waals surface area contributed by atoms with Gasteiger partial charge in [0.05, 0.1) is 12.6 Å². The summed E-state index contributed by atoms with van der Waals surface area (Å²) in [5.74, 6) is 1.70. The first kappa shape index (κ1) is 23.4. The van der Waals surface area contributed by atoms with E-state index in [-0.39, 0.29) is 17.2 Å². The molecule has 0 radical (unpaired) electrons. The minimum absolute atomic E-state index is 0.150. The van der Waals surface area contributed by atoms with Crippen molar-refractivity contribution in [2.45, 2.75) is 78.2 Å². The number of amides is 2. The molecule has 4 aliphatic rings. The molecule has 1 saturated heterocycles. The van der Waals surface area contributed by atoms with Crippen LogP contribution in [-0.4, -0.2) is 18.9 Å². The van der Waals surface area contributed by atoms with Crippen LogP contribution in [0.4, 0.5) is 0 Å². The van der Waals surface area contributed by atoms with Gasteiger partial charge < -0.3 is 15.4 Å². The first-order chi connectivity index (χ1) is 16.1. The molecule has 0 bridgehead atoms. The molecule has 5 nitrogen and oxygen atoms in total. The van der Waals surface area contributed by atoms with Gasteiger partial charge in [-0.1, -0.05) is 38.5 Å². The lowest BCUT2D eigenvalue weighted by molar-refractivity contribution is -0.141. The first-order valence-corrected chi connectivity index (χ1v) is 13.1. The van der Waals surface area contributed by atoms with E-state index in [1.165, 1.54) is 32.1 Å². The van der Waals surface area contributed by atoms with Crippen LogP contribution in [0.1, 0.15) is 78.2 Å². The van der Waals surface area contributed by atoms with Crippen molar-refractivity contribution >= 4 is 11.8 Å². The summed E-state index contributed by atoms with van der Waals surface area (Å²) >= 11 is 0. The monoisotopic (exact) mass is 464 g/mol. The number of rotatable bonds is 4. The Morgan fingerprint density at radius 2 is 1.97 bits per heavy atom. The molecule has 3 aliphatic carbocycles. The molecule has 0 aromatic heterocycles. The van der Waals surface area contributed by atoms with E-state index in [4.69, 9.17) is 4.74 Å². The van der Waals surface area contributed by atoms with Crippen LogP contribution in [0.25, 0.3) is 0 Å². The molecular weight excluding hydrogens is 424 g/mol. The highest BCUT2D eigenvalue weighted by Crippen LogP contribution is 2.64. The van der Waals surface area contributed by atoms with Crippen LogP contribution in [0.2, 0.25) is 0 Å². The number of hydrogen-bond donors (Lipinski definition) is 2. The second-order valence-corrected chi connectivity index (χ2v) is 12.3. The largest absolute Gasteiger partial charge is 0.497 e. The van der Waals surface area contributed by atoms with Crippen molar-refractivity contribution in [3.63, 3.8) is 0 Å². The van der Waals surface area contributed by atoms with Gasteiger partial charge in [-0.05, 0) is 93.2 Å². The lowest BCUT2D eigenvalue weighted by atomic mass is 9.49. The summed E-state index contributed by atoms with van der Waals surface area (Å²) in [5, 5.41) is 6.35. The zero-order chi connectivity index (χ0) is 24.3. The van der Waals surface area contributed by atoms with Gasteiger partial charge in [-0.15, -0.1) is 0 Å². The van der Waals surface area contributed by atoms with Crippen molar-refractivity contribution in [2.75, 3.05) is 7.11 Å². The average Bonchev–Trinajstić information content (AvgIpc) is 3.20. The van der Waals surface area contributed by atoms with Crippen LogP contribution in [0.3, 0.4) is 0 Å². The van der Waals surface area contributed by atoms with Crippen molar-refractivity contribution in [3.05, 3.63) is 41.6 Å². The minimum Gasteiger partial charge on any atom is -0.497 e. The maximum Gasteiger partial charge on any atom is 0.236 e. The Hall–Kier alpha value is -2.30. The number of nitrogens with one attached hydrogen (secondary N) is 2. The number of methoxy groups -OCH3 is 1. The van der Waals surface area contributed by atoms with Gasteiger partial charge in [-0.3, -0.25) is 9.59 Å². The Morgan fingerprint density at radius 3 is 2.74 bits per heavy atom. The van der Waals surface area contributed by atoms with E-state index >= 15 is 0 Å². The van der Waals surface area contributed by atoms with Gasteiger partial charge in [0.2, 0.25) is 11.8 Å². The third-order valence-electron chi connectivity index (χ3n) is 9.99. The number of ether oxygens (including phenoxy) is 1. The summed E-state index contributed by atoms with van der Waals surface area (Å²) in [5.41, 5.74) is 1.74. The van der Waals surface area contributed by atoms with Gasteiger partial charge in [0.1, 0.15) is 11.7 Å². The van der Waals surface area contributed by atoms with Gasteiger partial charge >= 0.3 is 0 Å². The summed E-state index contributed by atoms with van der Waals surface area (Å²) in [6.07, 6.45) is 10.5. The molecule has 2 N–H and O–H groups in total. The Bertz CT molecular complexity index is 1030. The second-order valence-electron chi connectivity index (χ2n) is 12.3. The Morgan fingerprint density at radius 1 is 1.18 bits per heavy atom. The molecule has 6 atom stereocenters. The van der Waals surface area contributed by atoms with Crippen LogP contribution >= 0.6 is 0 Å². The van der Waals surface area contributed by atoms with E-state index in [1.54, 1.807) is 7.11 Å². The molecule has 34 heavy (non-hydrogen) atoms. The summed E-state index contributed by atoms with van der Waals surface area (Å²) in [6, 6.07) is 7.74. The molecule has 5 heteroatoms. The molecule has 1 unspecified atom stereocenters. The van der Waals surface area contributed by atoms with Crippen molar-refractivity contribution in [2.24, 2.45) is 34.5 Å². The molecule has 1 aromatic rings. The third kappa shape index (κ3) is 3.67. The summed E-state index contributed by atoms with van der Waals surface area (Å²) in [7, 11) is 1.64. The smallest absolute Gasteiger partial charge is 0.236 e. The van der Waals surface area contributed by atoms with Crippen molar-refractivity contribution in [3.8, 4) is 5.75 Å². The molecule has 2 saturated carbocycles. The molecule has 1 aliphatic heterocycles. The van der Waals surface area contributed by atoms with E-state index < -0.39 is 11.5 Å². The summed E-state index contributed by atoms with van der Waals surface area (Å²) in [4.78, 5) is 26.7. The SMILES string of the molecule is COc1cccc(C(C)(C)NC(=O)C2C[C@@]3(C)C(=CC[C@@H]4[C@H]3CC[C@]3(C)CCC[C@@H]43)NC2=O)c1. The van der Waals surface area contributed by atoms with E-state index in [1.807, 2.05) is 38.1 Å². The van der Waals surface area contributed by atoms with E-state index in [0.717, 1.165) is 29.3 Å². The number of carbonyl (C=O) groups is 2. The second kappa shape index (κ2) is 8.13. The van der Waals surface area contributed by atoms with Crippen LogP contribution in [0.15, 0.2) is 36.0 Å². The average molecular weight is 465 g/mol. The van der Waals surface area contributed by atoms with E-state index in [0.29, 0.717) is 23.7 Å². The fraction of sp³-hybridized carbons (Fsp3) is 0.655. The topological polar surface area (TPSA) is 67.4 Å². The van der Waals surface area contributed by atoms with Crippen molar-refractivity contribution in [1.29, 1.82) is 0 Å². The van der Waals surface area contributed by atoms with E-state index in [2.05, 4.69) is 30.6 Å². The normalized spacial score (nSPS) is 37.0. The standard InChI is InChI=1S/C29H40N2O3/c1-27(2,18-8-6-9-19(16-18)34-5)31-26(33)21-17-29(4)23-13-15-28(3)14-7-10-22(28)20(23)11-12-24(29)30-25(21)32/h6,8-9,12,16,20-23H,7,10-11,13-15,17H2,1-5H3,(H,30,32)(H,31,33)/t20-,21?,22-,23+,28-,29+/m0/s1. The fourth-order valence-corrected chi connectivity index (χ4v) is 7.97. The lowest BCUT2D eigenvalue weighted by Gasteiger charge is -2.57. The fourth-order valence-electron chi connectivity index (χ4n) is 7.97. The summed E-state index contributed by atoms with van der Waals surface area (Å²) in [6.45, 7) is 8.76. The highest BCUT2D eigenvalue weighted by atomic mass is 16.5. The number of benzene rings is 1. The number of fused-ring (bicyclic) bond motifs is 5. The van der Waals surface area contributed by atoms with Gasteiger partial charge in [0.15, 0.2) is 0 Å². The first-order valence-electron chi connectivity index (χ1n) is 13.1. The van der Waals surface area contributed by atoms with Crippen LogP contribution in [0.5, 0.6) is 5.75 Å². The summed E-state index contributed by atoms with van der Waals surface area (Å²) < 4.78 is 5.36. The third-order valence-corrected chi connectivity index (χ3v) is 9.99. The van der Waals surface area contributed by atoms with Gasteiger partial charge in [-0.2, -0.15) is 0 Å². The molecule has 184 valence electrons. The molecule has 1 aromatic carbocycles. The minimum atomic E-state index is -0.678. The van der Waals surface area contributed by atoms with Crippen molar-refractivity contribution < 1.29 is 14.3 Å². The maximum atomic E-state index is 13.5. The predicted octanol–water partition coefficient (Wildman–Crippen LogP) is 5.31. The van der Waals surface area contributed by atoms with Crippen molar-refractivity contribution in [1.82, 2.24) is 10.6 Å². The number of piperidine rings is 1. The quantitative estimate of drug-likeness (QED) is 0.594. The Kier molecular flexibility index (Phi) is 5.61. The molecular formula is C29H40N2O3. The highest BCUT2D eigenvalue weighted by Gasteiger charge is 2.58. The van der Waals surface area contributed by atoms with Crippen LogP contribution in [-0.2, 0) is 15.1 Å². The molecule has 2 amide bonds. The van der Waals surface area contributed by atoms with Gasteiger partial charge in [0.25, 0.3) is 0 Å². The molecule has 1 heterocycles. The van der Waals surface area contributed by atoms with Crippen LogP contribution in [0, 0.1) is 34.5 Å². The van der Waals surface area contributed by atoms with Crippen LogP contribution < -0.4 is 15.4 Å². The number of hydrogen-bond acceptors (Lipinski definition) is 3. The maximum absolute atomic E-state index is 13.5. The van der Waals surface area contributed by atoms with Gasteiger partial charge in [0, 0.05) is 11.1 Å². The molecule has 5 rings (SSSR count). The number of allylic oxidation sites excluding steroid dienone is 2. The Balaban J connectivity index is 1.37.